The van der Waals surface area contributed by atoms with Crippen molar-refractivity contribution in [1.82, 2.24) is 5.32 Å². The summed E-state index contributed by atoms with van der Waals surface area (Å²) in [6.07, 6.45) is 82.9. The molecule has 11 heteroatoms. The summed E-state index contributed by atoms with van der Waals surface area (Å²) < 4.78 is 16.8. The van der Waals surface area contributed by atoms with Gasteiger partial charge in [0.25, 0.3) is 0 Å². The van der Waals surface area contributed by atoms with Crippen LogP contribution < -0.4 is 5.32 Å². The van der Waals surface area contributed by atoms with Crippen LogP contribution in [-0.2, 0) is 23.8 Å². The molecule has 540 valence electrons. The van der Waals surface area contributed by atoms with Gasteiger partial charge in [-0.15, -0.1) is 0 Å². The maximum atomic E-state index is 13.1. The maximum absolute atomic E-state index is 13.1. The van der Waals surface area contributed by atoms with Crippen LogP contribution in [-0.4, -0.2) is 100 Å². The zero-order valence-electron chi connectivity index (χ0n) is 60.3. The highest BCUT2D eigenvalue weighted by molar-refractivity contribution is 5.76. The molecule has 0 radical (unpaired) electrons. The number of rotatable bonds is 71. The molecule has 0 aromatic heterocycles. The van der Waals surface area contributed by atoms with Crippen LogP contribution in [0.2, 0.25) is 0 Å². The van der Waals surface area contributed by atoms with E-state index in [4.69, 9.17) is 14.2 Å². The van der Waals surface area contributed by atoms with Crippen LogP contribution in [0.25, 0.3) is 0 Å². The molecule has 1 fully saturated rings. The highest BCUT2D eigenvalue weighted by Crippen LogP contribution is 2.24. The Hall–Kier alpha value is -2.38. The van der Waals surface area contributed by atoms with Crippen molar-refractivity contribution in [2.75, 3.05) is 19.8 Å². The molecule has 1 aliphatic rings. The van der Waals surface area contributed by atoms with Crippen LogP contribution in [0.5, 0.6) is 0 Å². The second kappa shape index (κ2) is 70.0. The first-order valence-electron chi connectivity index (χ1n) is 39.9. The zero-order chi connectivity index (χ0) is 66.5. The molecule has 1 heterocycles. The first kappa shape index (κ1) is 87.6. The number of carbonyl (C=O) groups excluding carboxylic acids is 2. The number of allylic oxidation sites excluding steroid dienone is 7. The van der Waals surface area contributed by atoms with Gasteiger partial charge < -0.3 is 45.1 Å². The van der Waals surface area contributed by atoms with Crippen molar-refractivity contribution in [2.24, 2.45) is 0 Å². The minimum absolute atomic E-state index is 0.00559. The molecule has 7 atom stereocenters. The third kappa shape index (κ3) is 57.8. The third-order valence-electron chi connectivity index (χ3n) is 18.9. The lowest BCUT2D eigenvalue weighted by atomic mass is 9.99. The normalized spacial score (nSPS) is 17.8. The van der Waals surface area contributed by atoms with Gasteiger partial charge in [-0.05, 0) is 89.9 Å². The largest absolute Gasteiger partial charge is 0.466 e. The highest BCUT2D eigenvalue weighted by Gasteiger charge is 2.44. The third-order valence-corrected chi connectivity index (χ3v) is 18.9. The molecule has 1 amide bonds. The molecule has 1 saturated heterocycles. The van der Waals surface area contributed by atoms with E-state index < -0.39 is 49.5 Å². The fraction of sp³-hybridized carbons (Fsp3) is 0.877. The summed E-state index contributed by atoms with van der Waals surface area (Å²) in [6.45, 7) is 4.36. The Morgan fingerprint density at radius 2 is 0.728 bits per heavy atom. The van der Waals surface area contributed by atoms with E-state index in [-0.39, 0.29) is 18.5 Å². The SMILES string of the molecule is CCCCCC/C=C\CCCCCCCC(=O)OCCCCCCCCCCCCCCCCC/C=C\C/C=C\CCCCCCCCCCCCCCCCCCCC(=O)NC(COC1OC(CO)C(O)C(O)C1O)C(O)/C=C/CCCCCCCCCCCC. The molecule has 6 N–H and O–H groups in total. The van der Waals surface area contributed by atoms with Gasteiger partial charge in [0, 0.05) is 12.8 Å². The lowest BCUT2D eigenvalue weighted by molar-refractivity contribution is -0.302. The summed E-state index contributed by atoms with van der Waals surface area (Å²) in [5.74, 6) is -0.171. The Morgan fingerprint density at radius 1 is 0.402 bits per heavy atom. The smallest absolute Gasteiger partial charge is 0.305 e. The van der Waals surface area contributed by atoms with Gasteiger partial charge in [0.1, 0.15) is 24.4 Å². The van der Waals surface area contributed by atoms with E-state index in [1.807, 2.05) is 6.08 Å². The van der Waals surface area contributed by atoms with E-state index in [0.29, 0.717) is 19.4 Å². The molecule has 0 saturated carbocycles. The Labute approximate surface area is 567 Å². The van der Waals surface area contributed by atoms with Gasteiger partial charge >= 0.3 is 5.97 Å². The Kier molecular flexibility index (Phi) is 66.6. The monoisotopic (exact) mass is 1300 g/mol. The van der Waals surface area contributed by atoms with E-state index in [2.05, 4.69) is 55.6 Å². The van der Waals surface area contributed by atoms with Crippen molar-refractivity contribution in [3.63, 3.8) is 0 Å². The lowest BCUT2D eigenvalue weighted by Gasteiger charge is -2.40. The Bertz CT molecular complexity index is 1670. The lowest BCUT2D eigenvalue weighted by Crippen LogP contribution is -2.60. The summed E-state index contributed by atoms with van der Waals surface area (Å²) in [5.41, 5.74) is 0. The van der Waals surface area contributed by atoms with E-state index in [1.165, 1.54) is 302 Å². The molecule has 0 aromatic carbocycles. The second-order valence-electron chi connectivity index (χ2n) is 27.8. The zero-order valence-corrected chi connectivity index (χ0v) is 60.3. The van der Waals surface area contributed by atoms with E-state index >= 15 is 0 Å². The number of unbranched alkanes of at least 4 members (excludes halogenated alkanes) is 51. The van der Waals surface area contributed by atoms with Crippen LogP contribution >= 0.6 is 0 Å². The molecule has 0 aromatic rings. The Morgan fingerprint density at radius 3 is 1.12 bits per heavy atom. The second-order valence-corrected chi connectivity index (χ2v) is 27.8. The van der Waals surface area contributed by atoms with Gasteiger partial charge in [-0.2, -0.15) is 0 Å². The van der Waals surface area contributed by atoms with Crippen LogP contribution in [0.1, 0.15) is 393 Å². The molecule has 0 spiro atoms. The van der Waals surface area contributed by atoms with Crippen molar-refractivity contribution < 1.29 is 49.3 Å². The standard InChI is InChI=1S/C81H151NO10/c1-3-5-7-9-11-13-15-44-49-53-57-61-65-69-77(86)90-70-66-62-58-54-50-46-43-41-39-37-35-33-31-29-27-25-23-21-19-17-18-20-22-24-26-28-30-32-34-36-38-40-42-45-48-52-56-60-64-68-76(85)82-73(72-91-81-80(89)79(88)78(87)75(71-83)92-81)74(84)67-63-59-55-51-47-16-14-12-10-8-6-4-2/h13,15,17-18,21,23,63,67,73-75,78-81,83-84,87-89H,3-12,14,16,19-20,22,24-62,64-66,68-72H2,1-2H3,(H,82,85)/b15-13-,18-17-,23-21-,67-63+. The first-order valence-corrected chi connectivity index (χ1v) is 39.9. The van der Waals surface area contributed by atoms with E-state index in [1.54, 1.807) is 6.08 Å². The molecule has 11 nitrogen and oxygen atoms in total. The van der Waals surface area contributed by atoms with Crippen LogP contribution in [0.3, 0.4) is 0 Å². The van der Waals surface area contributed by atoms with Crippen molar-refractivity contribution in [3.05, 3.63) is 48.6 Å². The van der Waals surface area contributed by atoms with E-state index in [0.717, 1.165) is 64.2 Å². The summed E-state index contributed by atoms with van der Waals surface area (Å²) in [5, 5.41) is 54.5. The average Bonchev–Trinajstić information content (AvgIpc) is 0.973. The number of aliphatic hydroxyl groups excluding tert-OH is 5. The number of nitrogens with one attached hydrogen (secondary N) is 1. The number of carbonyl (C=O) groups is 2. The molecule has 1 rings (SSSR count). The topological polar surface area (TPSA) is 175 Å². The predicted molar refractivity (Wildman–Crippen MR) is 389 cm³/mol. The summed E-state index contributed by atoms with van der Waals surface area (Å²) in [4.78, 5) is 25.1. The first-order chi connectivity index (χ1) is 45.2. The van der Waals surface area contributed by atoms with Gasteiger partial charge in [-0.25, -0.2) is 0 Å². The average molecular weight is 1300 g/mol. The highest BCUT2D eigenvalue weighted by atomic mass is 16.7. The Balaban J connectivity index is 1.90. The van der Waals surface area contributed by atoms with Gasteiger partial charge in [-0.1, -0.05) is 339 Å². The van der Waals surface area contributed by atoms with Crippen molar-refractivity contribution in [1.29, 1.82) is 0 Å². The maximum Gasteiger partial charge on any atom is 0.305 e. The molecule has 92 heavy (non-hydrogen) atoms. The van der Waals surface area contributed by atoms with Crippen LogP contribution in [0, 0.1) is 0 Å². The number of hydrogen-bond acceptors (Lipinski definition) is 10. The van der Waals surface area contributed by atoms with Gasteiger partial charge in [0.05, 0.1) is 32.0 Å². The molecule has 1 aliphatic heterocycles. The van der Waals surface area contributed by atoms with Crippen molar-refractivity contribution >= 4 is 11.9 Å². The number of amides is 1. The summed E-state index contributed by atoms with van der Waals surface area (Å²) >= 11 is 0. The fourth-order valence-corrected chi connectivity index (χ4v) is 12.6. The van der Waals surface area contributed by atoms with Crippen molar-refractivity contribution in [2.45, 2.75) is 436 Å². The minimum Gasteiger partial charge on any atom is -0.466 e. The summed E-state index contributed by atoms with van der Waals surface area (Å²) in [6, 6.07) is -0.808. The molecule has 0 aliphatic carbocycles. The van der Waals surface area contributed by atoms with Gasteiger partial charge in [0.15, 0.2) is 6.29 Å². The molecular formula is C81H151NO10. The van der Waals surface area contributed by atoms with Gasteiger partial charge in [0.2, 0.25) is 5.91 Å². The predicted octanol–water partition coefficient (Wildman–Crippen LogP) is 21.5. The fourth-order valence-electron chi connectivity index (χ4n) is 12.6. The van der Waals surface area contributed by atoms with Gasteiger partial charge in [-0.3, -0.25) is 9.59 Å². The van der Waals surface area contributed by atoms with Crippen LogP contribution in [0.4, 0.5) is 0 Å². The quantitative estimate of drug-likeness (QED) is 0.0195. The van der Waals surface area contributed by atoms with Crippen molar-refractivity contribution in [3.8, 4) is 0 Å². The number of esters is 1. The molecular weight excluding hydrogens is 1150 g/mol. The molecule has 7 unspecified atom stereocenters. The number of aliphatic hydroxyl groups is 5. The minimum atomic E-state index is -1.57. The molecule has 0 bridgehead atoms. The summed E-state index contributed by atoms with van der Waals surface area (Å²) in [7, 11) is 0. The number of hydrogen-bond donors (Lipinski definition) is 6. The van der Waals surface area contributed by atoms with Crippen LogP contribution in [0.15, 0.2) is 48.6 Å². The number of ether oxygens (including phenoxy) is 3. The van der Waals surface area contributed by atoms with E-state index in [9.17, 15) is 35.1 Å².